The van der Waals surface area contributed by atoms with Crippen molar-refractivity contribution >= 4 is 44.7 Å². The number of methoxy groups -OCH3 is 2. The van der Waals surface area contributed by atoms with Crippen molar-refractivity contribution < 1.29 is 19.1 Å². The van der Waals surface area contributed by atoms with Crippen LogP contribution < -0.4 is 0 Å². The Morgan fingerprint density at radius 1 is 0.750 bits per heavy atom. The molecule has 0 aliphatic rings. The molecule has 0 amide bonds. The summed E-state index contributed by atoms with van der Waals surface area (Å²) >= 11 is 0. The molecule has 0 radical (unpaired) electrons. The lowest BCUT2D eigenvalue weighted by atomic mass is 10.1. The smallest absolute Gasteiger partial charge is 0.305 e. The molecule has 2 aromatic carbocycles. The van der Waals surface area contributed by atoms with E-state index in [1.54, 1.807) is 21.6 Å². The average Bonchev–Trinajstić information content (AvgIpc) is 2.82. The molecule has 0 aliphatic carbocycles. The Kier molecular flexibility index (Phi) is 11.2. The number of carbonyl (C=O) groups is 2. The van der Waals surface area contributed by atoms with E-state index in [-0.39, 0.29) is 11.9 Å². The third-order valence-electron chi connectivity index (χ3n) is 4.87. The maximum atomic E-state index is 11.3. The quantitative estimate of drug-likeness (QED) is 0.256. The zero-order valence-electron chi connectivity index (χ0n) is 19.1. The van der Waals surface area contributed by atoms with Gasteiger partial charge in [0.1, 0.15) is 0 Å². The minimum atomic E-state index is -0.189. The summed E-state index contributed by atoms with van der Waals surface area (Å²) in [5.41, 5.74) is 4.60. The summed E-state index contributed by atoms with van der Waals surface area (Å²) in [5, 5.41) is 0. The van der Waals surface area contributed by atoms with E-state index in [1.165, 1.54) is 24.0 Å². The van der Waals surface area contributed by atoms with E-state index >= 15 is 0 Å². The summed E-state index contributed by atoms with van der Waals surface area (Å²) in [7, 11) is 6.26. The topological polar surface area (TPSA) is 52.6 Å². The van der Waals surface area contributed by atoms with E-state index in [1.807, 2.05) is 0 Å². The van der Waals surface area contributed by atoms with Gasteiger partial charge in [-0.2, -0.15) is 0 Å². The molecule has 0 saturated carbocycles. The summed E-state index contributed by atoms with van der Waals surface area (Å²) < 4.78 is 9.38. The summed E-state index contributed by atoms with van der Waals surface area (Å²) in [6, 6.07) is 16.8. The number of benzene rings is 2. The second-order valence-corrected chi connectivity index (χ2v) is 9.50. The van der Waals surface area contributed by atoms with Crippen LogP contribution in [0, 0.1) is 0 Å². The van der Waals surface area contributed by atoms with E-state index in [0.717, 1.165) is 22.3 Å². The maximum absolute atomic E-state index is 11.3. The van der Waals surface area contributed by atoms with Crippen molar-refractivity contribution in [2.45, 2.75) is 49.3 Å². The van der Waals surface area contributed by atoms with Gasteiger partial charge >= 0.3 is 11.9 Å². The monoisotopic (exact) mass is 470 g/mol. The molecule has 0 unspecified atom stereocenters. The molecular weight excluding hydrogens is 440 g/mol. The molecular formula is C26H30O4S2. The summed E-state index contributed by atoms with van der Waals surface area (Å²) in [6.07, 6.45) is 6.28. The Morgan fingerprint density at radius 3 is 1.53 bits per heavy atom. The highest BCUT2D eigenvalue weighted by Crippen LogP contribution is 2.39. The largest absolute Gasteiger partial charge is 0.469 e. The number of ether oxygens (including phenoxy) is 2. The molecule has 0 atom stereocenters. The van der Waals surface area contributed by atoms with Gasteiger partial charge in [-0.15, -0.1) is 0 Å². The Labute approximate surface area is 198 Å². The van der Waals surface area contributed by atoms with E-state index < -0.39 is 0 Å². The van der Waals surface area contributed by atoms with Gasteiger partial charge in [0, 0.05) is 22.6 Å². The maximum Gasteiger partial charge on any atom is 0.305 e. The second-order valence-electron chi connectivity index (χ2n) is 7.23. The van der Waals surface area contributed by atoms with Crippen molar-refractivity contribution in [3.05, 3.63) is 71.8 Å². The average molecular weight is 471 g/mol. The Hall–Kier alpha value is -2.44. The first-order chi connectivity index (χ1) is 15.4. The summed E-state index contributed by atoms with van der Waals surface area (Å²) in [5.74, 6) is -0.379. The predicted molar refractivity (Wildman–Crippen MR) is 134 cm³/mol. The van der Waals surface area contributed by atoms with Crippen LogP contribution in [0.5, 0.6) is 0 Å². The van der Waals surface area contributed by atoms with Gasteiger partial charge in [-0.05, 0) is 73.2 Å². The number of esters is 2. The first-order valence-corrected chi connectivity index (χ1v) is 12.6. The highest BCUT2D eigenvalue weighted by molar-refractivity contribution is 8.76. The summed E-state index contributed by atoms with van der Waals surface area (Å²) in [6.45, 7) is 4.12. The number of hydrogen-bond acceptors (Lipinski definition) is 6. The third kappa shape index (κ3) is 8.97. The van der Waals surface area contributed by atoms with E-state index in [9.17, 15) is 9.59 Å². The van der Waals surface area contributed by atoms with Crippen LogP contribution in [0.2, 0.25) is 0 Å². The van der Waals surface area contributed by atoms with Gasteiger partial charge in [-0.3, -0.25) is 9.59 Å². The minimum Gasteiger partial charge on any atom is -0.469 e. The van der Waals surface area contributed by atoms with Crippen LogP contribution in [0.3, 0.4) is 0 Å². The second kappa shape index (κ2) is 13.9. The van der Waals surface area contributed by atoms with Crippen LogP contribution >= 0.6 is 21.6 Å². The fourth-order valence-corrected chi connectivity index (χ4v) is 4.95. The van der Waals surface area contributed by atoms with Gasteiger partial charge in [0.05, 0.1) is 14.2 Å². The predicted octanol–water partition coefficient (Wildman–Crippen LogP) is 7.20. The van der Waals surface area contributed by atoms with Crippen molar-refractivity contribution in [1.82, 2.24) is 0 Å². The highest BCUT2D eigenvalue weighted by atomic mass is 33.1. The first-order valence-electron chi connectivity index (χ1n) is 10.5. The van der Waals surface area contributed by atoms with Crippen molar-refractivity contribution in [3.8, 4) is 0 Å². The number of hydrogen-bond donors (Lipinski definition) is 0. The van der Waals surface area contributed by atoms with Crippen LogP contribution in [0.25, 0.3) is 11.1 Å². The number of carbonyl (C=O) groups excluding carboxylic acids is 2. The lowest BCUT2D eigenvalue weighted by Gasteiger charge is -2.08. The van der Waals surface area contributed by atoms with Crippen molar-refractivity contribution in [3.63, 3.8) is 0 Å². The van der Waals surface area contributed by atoms with Crippen LogP contribution in [-0.2, 0) is 19.1 Å². The van der Waals surface area contributed by atoms with Gasteiger partial charge in [0.15, 0.2) is 0 Å². The van der Waals surface area contributed by atoms with Gasteiger partial charge < -0.3 is 9.47 Å². The fraction of sp³-hybridized carbons (Fsp3) is 0.308. The van der Waals surface area contributed by atoms with Crippen LogP contribution in [0.15, 0.2) is 70.5 Å². The molecule has 4 nitrogen and oxygen atoms in total. The summed E-state index contributed by atoms with van der Waals surface area (Å²) in [4.78, 5) is 24.9. The molecule has 0 aliphatic heterocycles. The molecule has 170 valence electrons. The van der Waals surface area contributed by atoms with Gasteiger partial charge in [-0.1, -0.05) is 58.0 Å². The molecule has 6 heteroatoms. The Morgan fingerprint density at radius 2 is 1.16 bits per heavy atom. The molecule has 0 fully saturated rings. The van der Waals surface area contributed by atoms with E-state index in [0.29, 0.717) is 25.7 Å². The molecule has 0 aromatic heterocycles. The molecule has 0 heterocycles. The molecule has 2 aromatic rings. The lowest BCUT2D eigenvalue weighted by molar-refractivity contribution is -0.141. The van der Waals surface area contributed by atoms with Crippen LogP contribution in [0.1, 0.15) is 50.7 Å². The van der Waals surface area contributed by atoms with E-state index in [2.05, 4.69) is 74.5 Å². The Balaban J connectivity index is 1.98. The molecule has 32 heavy (non-hydrogen) atoms. The SMILES string of the molecule is COC(=O)CCC=C(C)c1cccc(SSc2cccc(/C(C)=C/CCC(=O)OC)c2)c1. The van der Waals surface area contributed by atoms with Crippen molar-refractivity contribution in [1.29, 1.82) is 0 Å². The standard InChI is InChI=1S/C26H30O4S2/c1-19(9-5-15-25(27)29-3)21-11-7-13-23(17-21)31-32-24-14-8-12-22(18-24)20(2)10-6-16-26(28)30-4/h7-14,17-18H,5-6,15-16H2,1-4H3/b19-9+,20-10?. The zero-order valence-corrected chi connectivity index (χ0v) is 20.7. The van der Waals surface area contributed by atoms with E-state index in [4.69, 9.17) is 9.47 Å². The molecule has 0 saturated heterocycles. The van der Waals surface area contributed by atoms with Gasteiger partial charge in [0.25, 0.3) is 0 Å². The molecule has 0 bridgehead atoms. The van der Waals surface area contributed by atoms with Gasteiger partial charge in [-0.25, -0.2) is 0 Å². The Bertz CT molecular complexity index is 900. The highest BCUT2D eigenvalue weighted by Gasteiger charge is 2.04. The first kappa shape index (κ1) is 25.8. The number of rotatable bonds is 11. The number of allylic oxidation sites excluding steroid dienone is 4. The zero-order chi connectivity index (χ0) is 23.3. The normalized spacial score (nSPS) is 11.9. The minimum absolute atomic E-state index is 0.189. The molecule has 0 N–H and O–H groups in total. The fourth-order valence-electron chi connectivity index (χ4n) is 2.94. The molecule has 0 spiro atoms. The van der Waals surface area contributed by atoms with Crippen LogP contribution in [0.4, 0.5) is 0 Å². The third-order valence-corrected chi connectivity index (χ3v) is 7.25. The van der Waals surface area contributed by atoms with Crippen molar-refractivity contribution in [2.75, 3.05) is 14.2 Å². The molecule has 2 rings (SSSR count). The van der Waals surface area contributed by atoms with Crippen LogP contribution in [-0.4, -0.2) is 26.2 Å². The lowest BCUT2D eigenvalue weighted by Crippen LogP contribution is -1.98. The van der Waals surface area contributed by atoms with Crippen molar-refractivity contribution in [2.24, 2.45) is 0 Å². The van der Waals surface area contributed by atoms with Gasteiger partial charge in [0.2, 0.25) is 0 Å².